The second-order valence-electron chi connectivity index (χ2n) is 5.49. The summed E-state index contributed by atoms with van der Waals surface area (Å²) in [4.78, 5) is 9.41. The number of hydrogen-bond acceptors (Lipinski definition) is 3. The standard InChI is InChI=1S/C16H12ClF4NO4S/c1-8-4-2-3-5-9(8)6-22(7-10(23)24)27(25,26)16-11(17)12(18)13(19)14(20)15(16)21/h2-5H,6-7H2,1H3,(H,23,24). The predicted molar refractivity (Wildman–Crippen MR) is 87.7 cm³/mol. The first kappa shape index (κ1) is 21.1. The molecule has 27 heavy (non-hydrogen) atoms. The summed E-state index contributed by atoms with van der Waals surface area (Å²) in [6.07, 6.45) is 0. The summed E-state index contributed by atoms with van der Waals surface area (Å²) < 4.78 is 80.3. The summed E-state index contributed by atoms with van der Waals surface area (Å²) in [5.74, 6) is -10.6. The van der Waals surface area contributed by atoms with Crippen LogP contribution in [-0.4, -0.2) is 30.3 Å². The lowest BCUT2D eigenvalue weighted by atomic mass is 10.1. The molecule has 0 aromatic heterocycles. The number of carbonyl (C=O) groups is 1. The van der Waals surface area contributed by atoms with Gasteiger partial charge in [-0.3, -0.25) is 4.79 Å². The van der Waals surface area contributed by atoms with Crippen molar-refractivity contribution in [3.8, 4) is 0 Å². The third kappa shape index (κ3) is 4.07. The van der Waals surface area contributed by atoms with E-state index in [1.807, 2.05) is 0 Å². The molecule has 0 aliphatic heterocycles. The van der Waals surface area contributed by atoms with Gasteiger partial charge < -0.3 is 5.11 Å². The van der Waals surface area contributed by atoms with Crippen LogP contribution in [0.3, 0.4) is 0 Å². The minimum atomic E-state index is -5.14. The molecule has 146 valence electrons. The molecule has 0 heterocycles. The maximum Gasteiger partial charge on any atom is 0.318 e. The Morgan fingerprint density at radius 2 is 1.63 bits per heavy atom. The molecule has 1 N–H and O–H groups in total. The Bertz CT molecular complexity index is 985. The summed E-state index contributed by atoms with van der Waals surface area (Å²) in [5, 5.41) is 7.48. The first-order valence-corrected chi connectivity index (χ1v) is 9.08. The van der Waals surface area contributed by atoms with Gasteiger partial charge in [-0.15, -0.1) is 0 Å². The smallest absolute Gasteiger partial charge is 0.318 e. The number of carboxylic acids is 1. The Balaban J connectivity index is 2.65. The van der Waals surface area contributed by atoms with Gasteiger partial charge in [-0.2, -0.15) is 4.31 Å². The molecule has 0 bridgehead atoms. The Morgan fingerprint density at radius 1 is 1.07 bits per heavy atom. The number of rotatable bonds is 6. The molecule has 0 saturated carbocycles. The maximum atomic E-state index is 14.1. The number of halogens is 5. The minimum Gasteiger partial charge on any atom is -0.480 e. The number of aliphatic carboxylic acids is 1. The SMILES string of the molecule is Cc1ccccc1CN(CC(=O)O)S(=O)(=O)c1c(F)c(F)c(F)c(F)c1Cl. The molecule has 0 fully saturated rings. The zero-order chi connectivity index (χ0) is 20.5. The van der Waals surface area contributed by atoms with Crippen molar-refractivity contribution >= 4 is 27.6 Å². The largest absolute Gasteiger partial charge is 0.480 e. The van der Waals surface area contributed by atoms with Crippen LogP contribution in [0.25, 0.3) is 0 Å². The van der Waals surface area contributed by atoms with Crippen molar-refractivity contribution < 1.29 is 35.9 Å². The molecule has 2 aromatic carbocycles. The number of hydrogen-bond donors (Lipinski definition) is 1. The summed E-state index contributed by atoms with van der Waals surface area (Å²) in [6.45, 7) is -0.0730. The van der Waals surface area contributed by atoms with Gasteiger partial charge in [0, 0.05) is 6.54 Å². The van der Waals surface area contributed by atoms with Crippen molar-refractivity contribution in [3.05, 3.63) is 63.7 Å². The van der Waals surface area contributed by atoms with Crippen molar-refractivity contribution in [1.82, 2.24) is 4.31 Å². The van der Waals surface area contributed by atoms with Gasteiger partial charge in [0.25, 0.3) is 0 Å². The Morgan fingerprint density at radius 3 is 2.19 bits per heavy atom. The van der Waals surface area contributed by atoms with E-state index in [-0.39, 0.29) is 4.31 Å². The third-order valence-corrected chi connectivity index (χ3v) is 5.99. The van der Waals surface area contributed by atoms with Gasteiger partial charge in [0.1, 0.15) is 16.5 Å². The minimum absolute atomic E-state index is 0.277. The van der Waals surface area contributed by atoms with E-state index in [4.69, 9.17) is 16.7 Å². The van der Waals surface area contributed by atoms with Crippen molar-refractivity contribution in [2.45, 2.75) is 18.4 Å². The molecule has 0 amide bonds. The molecule has 0 radical (unpaired) electrons. The highest BCUT2D eigenvalue weighted by Gasteiger charge is 2.37. The number of carboxylic acid groups (broad SMARTS) is 1. The summed E-state index contributed by atoms with van der Waals surface area (Å²) in [7, 11) is -5.14. The van der Waals surface area contributed by atoms with Gasteiger partial charge in [0.15, 0.2) is 23.3 Å². The topological polar surface area (TPSA) is 74.7 Å². The number of benzene rings is 2. The van der Waals surface area contributed by atoms with Crippen LogP contribution in [-0.2, 0) is 21.4 Å². The van der Waals surface area contributed by atoms with Gasteiger partial charge in [-0.05, 0) is 18.1 Å². The number of aryl methyl sites for hydroxylation is 1. The quantitative estimate of drug-likeness (QED) is 0.437. The molecule has 0 aliphatic rings. The Hall–Kier alpha value is -2.17. The van der Waals surface area contributed by atoms with Crippen molar-refractivity contribution in [1.29, 1.82) is 0 Å². The average Bonchev–Trinajstić information content (AvgIpc) is 2.59. The van der Waals surface area contributed by atoms with Crippen LogP contribution in [0.1, 0.15) is 11.1 Å². The zero-order valence-electron chi connectivity index (χ0n) is 13.6. The van der Waals surface area contributed by atoms with E-state index < -0.39 is 62.3 Å². The van der Waals surface area contributed by atoms with Gasteiger partial charge in [0.2, 0.25) is 10.0 Å². The maximum absolute atomic E-state index is 14.1. The molecular formula is C16H12ClF4NO4S. The highest BCUT2D eigenvalue weighted by atomic mass is 35.5. The van der Waals surface area contributed by atoms with Crippen molar-refractivity contribution in [2.75, 3.05) is 6.54 Å². The van der Waals surface area contributed by atoms with E-state index in [1.165, 1.54) is 6.07 Å². The lowest BCUT2D eigenvalue weighted by Crippen LogP contribution is -2.36. The number of sulfonamides is 1. The number of nitrogens with zero attached hydrogens (tertiary/aromatic N) is 1. The van der Waals surface area contributed by atoms with E-state index in [9.17, 15) is 30.8 Å². The average molecular weight is 426 g/mol. The second-order valence-corrected chi connectivity index (χ2v) is 7.75. The van der Waals surface area contributed by atoms with Gasteiger partial charge in [0.05, 0.1) is 0 Å². The second kappa shape index (κ2) is 7.83. The molecule has 0 atom stereocenters. The molecular weight excluding hydrogens is 414 g/mol. The van der Waals surface area contributed by atoms with Crippen LogP contribution in [0.15, 0.2) is 29.2 Å². The van der Waals surface area contributed by atoms with Gasteiger partial charge in [-0.1, -0.05) is 35.9 Å². The fraction of sp³-hybridized carbons (Fsp3) is 0.188. The predicted octanol–water partition coefficient (Wildman–Crippen LogP) is 3.48. The van der Waals surface area contributed by atoms with Crippen LogP contribution in [0.2, 0.25) is 5.02 Å². The third-order valence-electron chi connectivity index (χ3n) is 3.69. The van der Waals surface area contributed by atoms with E-state index >= 15 is 0 Å². The molecule has 0 aliphatic carbocycles. The molecule has 11 heteroatoms. The molecule has 2 aromatic rings. The van der Waals surface area contributed by atoms with E-state index in [0.717, 1.165) is 0 Å². The van der Waals surface area contributed by atoms with Crippen LogP contribution in [0, 0.1) is 30.2 Å². The fourth-order valence-electron chi connectivity index (χ4n) is 2.29. The van der Waals surface area contributed by atoms with Crippen molar-refractivity contribution in [3.63, 3.8) is 0 Å². The molecule has 0 spiro atoms. The van der Waals surface area contributed by atoms with E-state index in [0.29, 0.717) is 11.1 Å². The molecule has 0 unspecified atom stereocenters. The van der Waals surface area contributed by atoms with Crippen LogP contribution < -0.4 is 0 Å². The molecule has 5 nitrogen and oxygen atoms in total. The Kier molecular flexibility index (Phi) is 6.13. The zero-order valence-corrected chi connectivity index (χ0v) is 15.2. The van der Waals surface area contributed by atoms with Gasteiger partial charge >= 0.3 is 5.97 Å². The Labute approximate surface area is 156 Å². The first-order chi connectivity index (χ1) is 12.5. The lowest BCUT2D eigenvalue weighted by Gasteiger charge is -2.22. The van der Waals surface area contributed by atoms with Crippen LogP contribution in [0.5, 0.6) is 0 Å². The summed E-state index contributed by atoms with van der Waals surface area (Å²) in [6, 6.07) is 6.31. The fourth-order valence-corrected chi connectivity index (χ4v) is 4.23. The molecule has 0 saturated heterocycles. The normalized spacial score (nSPS) is 11.8. The van der Waals surface area contributed by atoms with Gasteiger partial charge in [-0.25, -0.2) is 26.0 Å². The first-order valence-electron chi connectivity index (χ1n) is 7.26. The van der Waals surface area contributed by atoms with E-state index in [2.05, 4.69) is 0 Å². The van der Waals surface area contributed by atoms with E-state index in [1.54, 1.807) is 25.1 Å². The molecule has 2 rings (SSSR count). The van der Waals surface area contributed by atoms with Crippen LogP contribution in [0.4, 0.5) is 17.6 Å². The highest BCUT2D eigenvalue weighted by molar-refractivity contribution is 7.89. The monoisotopic (exact) mass is 425 g/mol. The van der Waals surface area contributed by atoms with Crippen molar-refractivity contribution in [2.24, 2.45) is 0 Å². The summed E-state index contributed by atoms with van der Waals surface area (Å²) >= 11 is 5.40. The van der Waals surface area contributed by atoms with Crippen LogP contribution >= 0.6 is 11.6 Å². The highest BCUT2D eigenvalue weighted by Crippen LogP contribution is 2.34. The lowest BCUT2D eigenvalue weighted by molar-refractivity contribution is -0.137. The summed E-state index contributed by atoms with van der Waals surface area (Å²) in [5.41, 5.74) is 0.952.